The maximum Gasteiger partial charge on any atom is 0.307 e. The summed E-state index contributed by atoms with van der Waals surface area (Å²) >= 11 is 0. The summed E-state index contributed by atoms with van der Waals surface area (Å²) in [7, 11) is 1.52. The van der Waals surface area contributed by atoms with Gasteiger partial charge in [0, 0.05) is 13.0 Å². The van der Waals surface area contributed by atoms with Gasteiger partial charge in [-0.2, -0.15) is 0 Å². The number of likely N-dealkylation sites (N-methyl/N-ethyl adjacent to an activating group) is 1. The minimum absolute atomic E-state index is 0.105. The van der Waals surface area contributed by atoms with Gasteiger partial charge in [0.2, 0.25) is 0 Å². The lowest BCUT2D eigenvalue weighted by molar-refractivity contribution is -0.873. The summed E-state index contributed by atoms with van der Waals surface area (Å²) in [4.78, 5) is 21.2. The average Bonchev–Trinajstić information content (AvgIpc) is 2.34. The van der Waals surface area contributed by atoms with Crippen LogP contribution in [0.2, 0.25) is 0 Å². The predicted molar refractivity (Wildman–Crippen MR) is 90.4 cm³/mol. The highest BCUT2D eigenvalue weighted by Gasteiger charge is 2.23. The van der Waals surface area contributed by atoms with Crippen molar-refractivity contribution in [2.75, 3.05) is 27.7 Å². The molecule has 0 bridgehead atoms. The van der Waals surface area contributed by atoms with Crippen LogP contribution in [0.4, 0.5) is 0 Å². The van der Waals surface area contributed by atoms with Crippen molar-refractivity contribution in [3.05, 3.63) is 0 Å². The van der Waals surface area contributed by atoms with E-state index in [4.69, 9.17) is 9.84 Å². The van der Waals surface area contributed by atoms with E-state index in [2.05, 4.69) is 4.72 Å². The van der Waals surface area contributed by atoms with Gasteiger partial charge in [-0.15, -0.1) is 0 Å². The van der Waals surface area contributed by atoms with E-state index < -0.39 is 28.3 Å². The predicted octanol–water partition coefficient (Wildman–Crippen LogP) is 0.468. The molecule has 25 heavy (non-hydrogen) atoms. The summed E-state index contributed by atoms with van der Waals surface area (Å²) in [6, 6.07) is -0.105. The molecule has 1 aliphatic carbocycles. The first-order valence-corrected chi connectivity index (χ1v) is 9.62. The Bertz CT molecular complexity index is 506. The van der Waals surface area contributed by atoms with Gasteiger partial charge in [-0.3, -0.25) is 9.59 Å². The second kappa shape index (κ2) is 10.7. The van der Waals surface area contributed by atoms with Gasteiger partial charge in [0.1, 0.15) is 6.54 Å². The van der Waals surface area contributed by atoms with Crippen LogP contribution in [0.1, 0.15) is 45.4 Å². The first-order valence-electron chi connectivity index (χ1n) is 8.21. The third kappa shape index (κ3) is 16.0. The van der Waals surface area contributed by atoms with Crippen LogP contribution in [0.3, 0.4) is 0 Å². The van der Waals surface area contributed by atoms with Crippen molar-refractivity contribution in [2.24, 2.45) is 0 Å². The number of hydrogen-bond donors (Lipinski definition) is 2. The van der Waals surface area contributed by atoms with E-state index in [0.29, 0.717) is 11.0 Å². The zero-order valence-electron chi connectivity index (χ0n) is 15.4. The lowest BCUT2D eigenvalue weighted by Gasteiger charge is -2.28. The average molecular weight is 382 g/mol. The molecule has 0 aromatic heterocycles. The molecule has 148 valence electrons. The number of ether oxygens (including phenoxy) is 1. The van der Waals surface area contributed by atoms with Crippen LogP contribution in [0.5, 0.6) is 0 Å². The second-order valence-electron chi connectivity index (χ2n) is 7.21. The number of carboxylic acids is 1. The number of nitrogens with one attached hydrogen (secondary N) is 1. The van der Waals surface area contributed by atoms with Gasteiger partial charge in [0.15, 0.2) is 16.4 Å². The minimum Gasteiger partial charge on any atom is -0.735 e. The molecule has 0 saturated heterocycles. The smallest absolute Gasteiger partial charge is 0.307 e. The highest BCUT2D eigenvalue weighted by atomic mass is 32.2. The van der Waals surface area contributed by atoms with E-state index in [1.807, 2.05) is 21.1 Å². The Labute approximate surface area is 149 Å². The van der Waals surface area contributed by atoms with Crippen molar-refractivity contribution >= 4 is 22.2 Å². The molecule has 2 N–H and O–H groups in total. The van der Waals surface area contributed by atoms with Crippen LogP contribution < -0.4 is 4.72 Å². The van der Waals surface area contributed by atoms with Crippen LogP contribution in [0, 0.1) is 0 Å². The molecular formula is C15H30N2O7S. The highest BCUT2D eigenvalue weighted by molar-refractivity contribution is 7.83. The van der Waals surface area contributed by atoms with E-state index >= 15 is 0 Å². The van der Waals surface area contributed by atoms with Crippen molar-refractivity contribution in [1.82, 2.24) is 4.72 Å². The molecule has 0 aliphatic heterocycles. The molecule has 0 aromatic carbocycles. The molecule has 0 heterocycles. The number of carbonyl (C=O) groups excluding carboxylic acids is 1. The number of quaternary nitrogens is 1. The molecule has 0 aromatic rings. The van der Waals surface area contributed by atoms with Crippen molar-refractivity contribution in [3.8, 4) is 0 Å². The van der Waals surface area contributed by atoms with Gasteiger partial charge in [-0.1, -0.05) is 19.3 Å². The van der Waals surface area contributed by atoms with Gasteiger partial charge in [-0.05, 0) is 12.8 Å². The summed E-state index contributed by atoms with van der Waals surface area (Å²) in [5.74, 6) is -1.39. The molecule has 0 radical (unpaired) electrons. The largest absolute Gasteiger partial charge is 0.735 e. The Morgan fingerprint density at radius 3 is 2.12 bits per heavy atom. The topological polar surface area (TPSA) is 133 Å². The Kier molecular flexibility index (Phi) is 10.2. The van der Waals surface area contributed by atoms with Crippen LogP contribution in [0.15, 0.2) is 0 Å². The summed E-state index contributed by atoms with van der Waals surface area (Å²) in [5, 5.41) is 8.60. The molecule has 0 unspecified atom stereocenters. The summed E-state index contributed by atoms with van der Waals surface area (Å²) in [6.07, 6.45) is 4.11. The lowest BCUT2D eigenvalue weighted by atomic mass is 9.96. The van der Waals surface area contributed by atoms with Gasteiger partial charge in [0.05, 0.1) is 27.6 Å². The summed E-state index contributed by atoms with van der Waals surface area (Å²) in [5.41, 5.74) is 0. The number of carbonyl (C=O) groups is 2. The van der Waals surface area contributed by atoms with Gasteiger partial charge < -0.3 is 18.9 Å². The number of carboxylic acid groups (broad SMARTS) is 1. The van der Waals surface area contributed by atoms with E-state index in [0.717, 1.165) is 32.1 Å². The van der Waals surface area contributed by atoms with Crippen molar-refractivity contribution < 1.29 is 36.9 Å². The zero-order valence-corrected chi connectivity index (χ0v) is 16.2. The van der Waals surface area contributed by atoms with E-state index in [1.54, 1.807) is 0 Å². The fourth-order valence-electron chi connectivity index (χ4n) is 2.61. The van der Waals surface area contributed by atoms with Crippen LogP contribution >= 0.6 is 0 Å². The van der Waals surface area contributed by atoms with Gasteiger partial charge in [-0.25, -0.2) is 13.1 Å². The third-order valence-corrected chi connectivity index (χ3v) is 4.02. The van der Waals surface area contributed by atoms with Crippen LogP contribution in [-0.4, -0.2) is 74.3 Å². The molecule has 1 saturated carbocycles. The molecule has 10 heteroatoms. The lowest BCUT2D eigenvalue weighted by Crippen LogP contribution is -2.43. The van der Waals surface area contributed by atoms with Crippen molar-refractivity contribution in [2.45, 2.75) is 57.6 Å². The summed E-state index contributed by atoms with van der Waals surface area (Å²) < 4.78 is 38.2. The van der Waals surface area contributed by atoms with Crippen LogP contribution in [0.25, 0.3) is 0 Å². The Morgan fingerprint density at radius 2 is 1.76 bits per heavy atom. The fraction of sp³-hybridized carbons (Fsp3) is 0.867. The Morgan fingerprint density at radius 1 is 1.24 bits per heavy atom. The number of esters is 1. The Balaban J connectivity index is 0.000000472. The Hall–Kier alpha value is -1.23. The monoisotopic (exact) mass is 382 g/mol. The van der Waals surface area contributed by atoms with E-state index in [-0.39, 0.29) is 12.5 Å². The van der Waals surface area contributed by atoms with Gasteiger partial charge in [0.25, 0.3) is 0 Å². The molecule has 9 nitrogen and oxygen atoms in total. The highest BCUT2D eigenvalue weighted by Crippen LogP contribution is 2.17. The molecule has 1 aliphatic rings. The fourth-order valence-corrected chi connectivity index (χ4v) is 3.25. The maximum atomic E-state index is 10.7. The molecule has 1 fully saturated rings. The van der Waals surface area contributed by atoms with Crippen LogP contribution in [-0.2, 0) is 24.6 Å². The van der Waals surface area contributed by atoms with E-state index in [9.17, 15) is 22.6 Å². The molecule has 1 atom stereocenters. The van der Waals surface area contributed by atoms with Gasteiger partial charge >= 0.3 is 11.9 Å². The first kappa shape index (κ1) is 23.8. The number of hydrogen-bond acceptors (Lipinski definition) is 6. The SMILES string of the molecule is CC(=O)O[C@H](CC(=O)O)C[N+](C)(C)C.O=S(=O)([O-])NC1CCCCC1. The maximum absolute atomic E-state index is 10.7. The quantitative estimate of drug-likeness (QED) is 0.371. The van der Waals surface area contributed by atoms with E-state index in [1.165, 1.54) is 6.92 Å². The zero-order chi connectivity index (χ0) is 19.7. The number of nitrogens with zero attached hydrogens (tertiary/aromatic N) is 1. The molecule has 1 rings (SSSR count). The number of rotatable bonds is 7. The number of aliphatic carboxylic acids is 1. The molecule has 0 spiro atoms. The van der Waals surface area contributed by atoms with Crippen molar-refractivity contribution in [3.63, 3.8) is 0 Å². The third-order valence-electron chi connectivity index (χ3n) is 3.40. The standard InChI is InChI=1S/C9H17NO4.C6H13NO3S/c1-7(11)14-8(5-9(12)13)6-10(2,3)4;8-11(9,10)7-6-4-2-1-3-5-6/h8H,5-6H2,1-4H3;6-7H,1-5H2,(H,8,9,10)/t8-;/m1./s1. The summed E-state index contributed by atoms with van der Waals surface area (Å²) in [6.45, 7) is 1.77. The minimum atomic E-state index is -4.22. The molecular weight excluding hydrogens is 352 g/mol. The molecule has 0 amide bonds. The van der Waals surface area contributed by atoms with Crippen molar-refractivity contribution in [1.29, 1.82) is 0 Å². The first-order chi connectivity index (χ1) is 11.3. The second-order valence-corrected chi connectivity index (χ2v) is 8.35. The normalized spacial score (nSPS) is 17.2.